The Bertz CT molecular complexity index is 458. The summed E-state index contributed by atoms with van der Waals surface area (Å²) in [7, 11) is 0. The second-order valence-corrected chi connectivity index (χ2v) is 4.50. The first-order valence-corrected chi connectivity index (χ1v) is 5.65. The Morgan fingerprint density at radius 3 is 3.06 bits per heavy atom. The van der Waals surface area contributed by atoms with Gasteiger partial charge in [0, 0.05) is 25.6 Å². The molecule has 18 heavy (non-hydrogen) atoms. The van der Waals surface area contributed by atoms with Gasteiger partial charge in [0.05, 0.1) is 11.5 Å². The highest BCUT2D eigenvalue weighted by molar-refractivity contribution is 5.48. The second kappa shape index (κ2) is 4.87. The summed E-state index contributed by atoms with van der Waals surface area (Å²) in [4.78, 5) is 14.1. The summed E-state index contributed by atoms with van der Waals surface area (Å²) >= 11 is 0. The van der Waals surface area contributed by atoms with Gasteiger partial charge in [0.15, 0.2) is 0 Å². The lowest BCUT2D eigenvalue weighted by Gasteiger charge is -2.21. The second-order valence-electron chi connectivity index (χ2n) is 4.50. The van der Waals surface area contributed by atoms with Crippen LogP contribution in [0.5, 0.6) is 0 Å². The van der Waals surface area contributed by atoms with Crippen molar-refractivity contribution < 1.29 is 14.8 Å². The van der Waals surface area contributed by atoms with Gasteiger partial charge in [0.1, 0.15) is 17.6 Å². The van der Waals surface area contributed by atoms with Crippen LogP contribution in [0.1, 0.15) is 12.0 Å². The van der Waals surface area contributed by atoms with E-state index in [0.29, 0.717) is 37.6 Å². The predicted octanol–water partition coefficient (Wildman–Crippen LogP) is 0.862. The van der Waals surface area contributed by atoms with Gasteiger partial charge >= 0.3 is 0 Å². The number of hydrogen-bond donors (Lipinski definition) is 2. The molecule has 2 heterocycles. The molecule has 1 aliphatic heterocycles. The predicted molar refractivity (Wildman–Crippen MR) is 64.5 cm³/mol. The van der Waals surface area contributed by atoms with Gasteiger partial charge in [0.25, 0.3) is 5.69 Å². The number of rotatable bonds is 4. The van der Waals surface area contributed by atoms with Crippen LogP contribution in [0.2, 0.25) is 0 Å². The van der Waals surface area contributed by atoms with E-state index in [-0.39, 0.29) is 5.69 Å². The molecule has 98 valence electrons. The standard InChI is InChI=1S/C11H15N3O4/c1-8-4-9(14(16)17)5-12-10(8)13-6-11(15)2-3-18-7-11/h4-5,15H,2-3,6-7H2,1H3,(H,12,13). The van der Waals surface area contributed by atoms with Gasteiger partial charge in [0.2, 0.25) is 0 Å². The van der Waals surface area contributed by atoms with Gasteiger partial charge < -0.3 is 15.2 Å². The van der Waals surface area contributed by atoms with E-state index in [9.17, 15) is 15.2 Å². The molecule has 1 atom stereocenters. The van der Waals surface area contributed by atoms with Crippen LogP contribution in [0.15, 0.2) is 12.3 Å². The van der Waals surface area contributed by atoms with Crippen molar-refractivity contribution in [3.63, 3.8) is 0 Å². The average Bonchev–Trinajstić information content (AvgIpc) is 2.75. The summed E-state index contributed by atoms with van der Waals surface area (Å²) in [6.45, 7) is 2.90. The van der Waals surface area contributed by atoms with Crippen LogP contribution in [-0.2, 0) is 4.74 Å². The normalized spacial score (nSPS) is 23.0. The van der Waals surface area contributed by atoms with E-state index in [2.05, 4.69) is 10.3 Å². The SMILES string of the molecule is Cc1cc([N+](=O)[O-])cnc1NCC1(O)CCOC1. The molecule has 1 aromatic heterocycles. The highest BCUT2D eigenvalue weighted by Crippen LogP contribution is 2.21. The van der Waals surface area contributed by atoms with Crippen molar-refractivity contribution >= 4 is 11.5 Å². The summed E-state index contributed by atoms with van der Waals surface area (Å²) in [5.74, 6) is 0.543. The number of anilines is 1. The van der Waals surface area contributed by atoms with Crippen LogP contribution < -0.4 is 5.32 Å². The molecule has 2 N–H and O–H groups in total. The lowest BCUT2D eigenvalue weighted by Crippen LogP contribution is -2.37. The molecule has 2 rings (SSSR count). The zero-order valence-electron chi connectivity index (χ0n) is 10.0. The molecular formula is C11H15N3O4. The van der Waals surface area contributed by atoms with E-state index < -0.39 is 10.5 Å². The first-order chi connectivity index (χ1) is 8.50. The van der Waals surface area contributed by atoms with Crippen molar-refractivity contribution in [3.05, 3.63) is 27.9 Å². The third-order valence-corrected chi connectivity index (χ3v) is 2.94. The van der Waals surface area contributed by atoms with Gasteiger partial charge in [-0.1, -0.05) is 0 Å². The molecule has 1 fully saturated rings. The maximum absolute atomic E-state index is 10.6. The van der Waals surface area contributed by atoms with E-state index >= 15 is 0 Å². The Hall–Kier alpha value is -1.73. The Morgan fingerprint density at radius 1 is 1.72 bits per heavy atom. The Labute approximate surface area is 104 Å². The zero-order chi connectivity index (χ0) is 13.2. The van der Waals surface area contributed by atoms with Crippen LogP contribution in [0.25, 0.3) is 0 Å². The van der Waals surface area contributed by atoms with Crippen LogP contribution in [0.4, 0.5) is 11.5 Å². The number of aromatic nitrogens is 1. The molecule has 1 aromatic rings. The van der Waals surface area contributed by atoms with Crippen LogP contribution >= 0.6 is 0 Å². The largest absolute Gasteiger partial charge is 0.386 e. The van der Waals surface area contributed by atoms with Gasteiger partial charge in [-0.3, -0.25) is 10.1 Å². The molecule has 1 saturated heterocycles. The smallest absolute Gasteiger partial charge is 0.287 e. The van der Waals surface area contributed by atoms with Crippen molar-refractivity contribution in [1.29, 1.82) is 0 Å². The lowest BCUT2D eigenvalue weighted by molar-refractivity contribution is -0.385. The van der Waals surface area contributed by atoms with Crippen LogP contribution in [0, 0.1) is 17.0 Å². The Kier molecular flexibility index (Phi) is 3.44. The first-order valence-electron chi connectivity index (χ1n) is 5.65. The molecule has 0 saturated carbocycles. The minimum atomic E-state index is -0.879. The van der Waals surface area contributed by atoms with Gasteiger partial charge in [-0.15, -0.1) is 0 Å². The summed E-state index contributed by atoms with van der Waals surface area (Å²) in [6, 6.07) is 1.45. The Balaban J connectivity index is 2.03. The highest BCUT2D eigenvalue weighted by Gasteiger charge is 2.32. The monoisotopic (exact) mass is 253 g/mol. The molecule has 0 spiro atoms. The molecule has 7 heteroatoms. The third kappa shape index (κ3) is 2.74. The number of nitro groups is 1. The van der Waals surface area contributed by atoms with Gasteiger partial charge in [-0.25, -0.2) is 4.98 Å². The van der Waals surface area contributed by atoms with Crippen molar-refractivity contribution in [3.8, 4) is 0 Å². The summed E-state index contributed by atoms with van der Waals surface area (Å²) in [5.41, 5.74) is -0.247. The van der Waals surface area contributed by atoms with Crippen molar-refractivity contribution in [2.24, 2.45) is 0 Å². The molecule has 0 radical (unpaired) electrons. The third-order valence-electron chi connectivity index (χ3n) is 2.94. The fraction of sp³-hybridized carbons (Fsp3) is 0.545. The fourth-order valence-electron chi connectivity index (χ4n) is 1.83. The van der Waals surface area contributed by atoms with Crippen molar-refractivity contribution in [1.82, 2.24) is 4.98 Å². The number of aliphatic hydroxyl groups is 1. The number of nitrogens with zero attached hydrogens (tertiary/aromatic N) is 2. The average molecular weight is 253 g/mol. The van der Waals surface area contributed by atoms with E-state index in [0.717, 1.165) is 0 Å². The molecular weight excluding hydrogens is 238 g/mol. The van der Waals surface area contributed by atoms with Crippen LogP contribution in [-0.4, -0.2) is 40.4 Å². The molecule has 7 nitrogen and oxygen atoms in total. The molecule has 0 aromatic carbocycles. The van der Waals surface area contributed by atoms with Crippen molar-refractivity contribution in [2.75, 3.05) is 25.1 Å². The van der Waals surface area contributed by atoms with E-state index in [4.69, 9.17) is 4.74 Å². The first kappa shape index (κ1) is 12.7. The summed E-state index contributed by atoms with van der Waals surface area (Å²) < 4.78 is 5.13. The number of pyridine rings is 1. The summed E-state index contributed by atoms with van der Waals surface area (Å²) in [5, 5.41) is 23.6. The number of hydrogen-bond acceptors (Lipinski definition) is 6. The van der Waals surface area contributed by atoms with E-state index in [1.54, 1.807) is 6.92 Å². The number of nitrogens with one attached hydrogen (secondary N) is 1. The maximum Gasteiger partial charge on any atom is 0.287 e. The quantitative estimate of drug-likeness (QED) is 0.610. The topological polar surface area (TPSA) is 97.5 Å². The van der Waals surface area contributed by atoms with Gasteiger partial charge in [-0.05, 0) is 12.5 Å². The lowest BCUT2D eigenvalue weighted by atomic mass is 10.0. The van der Waals surface area contributed by atoms with Crippen LogP contribution in [0.3, 0.4) is 0 Å². The molecule has 1 aliphatic rings. The maximum atomic E-state index is 10.6. The number of ether oxygens (including phenoxy) is 1. The fourth-order valence-corrected chi connectivity index (χ4v) is 1.83. The highest BCUT2D eigenvalue weighted by atomic mass is 16.6. The van der Waals surface area contributed by atoms with Gasteiger partial charge in [-0.2, -0.15) is 0 Å². The minimum Gasteiger partial charge on any atom is -0.386 e. The molecule has 0 aliphatic carbocycles. The van der Waals surface area contributed by atoms with E-state index in [1.807, 2.05) is 0 Å². The van der Waals surface area contributed by atoms with Crippen molar-refractivity contribution in [2.45, 2.75) is 18.9 Å². The minimum absolute atomic E-state index is 0.0408. The molecule has 0 amide bonds. The van der Waals surface area contributed by atoms with E-state index in [1.165, 1.54) is 12.3 Å². The zero-order valence-corrected chi connectivity index (χ0v) is 10.0. The summed E-state index contributed by atoms with van der Waals surface area (Å²) in [6.07, 6.45) is 1.77. The number of aryl methyl sites for hydroxylation is 1. The molecule has 1 unspecified atom stereocenters. The Morgan fingerprint density at radius 2 is 2.50 bits per heavy atom. The molecule has 0 bridgehead atoms.